The topological polar surface area (TPSA) is 78.2 Å². The Hall–Kier alpha value is -3.97. The molecule has 1 amide bonds. The molecule has 0 fully saturated rings. The van der Waals surface area contributed by atoms with Crippen molar-refractivity contribution in [3.63, 3.8) is 0 Å². The number of hydrogen-bond donors (Lipinski definition) is 0. The normalized spacial score (nSPS) is 14.8. The van der Waals surface area contributed by atoms with E-state index in [9.17, 15) is 9.59 Å². The average Bonchev–Trinajstić information content (AvgIpc) is 3.17. The van der Waals surface area contributed by atoms with Crippen molar-refractivity contribution >= 4 is 34.2 Å². The zero-order valence-corrected chi connectivity index (χ0v) is 20.1. The number of amides is 1. The van der Waals surface area contributed by atoms with Gasteiger partial charge in [-0.15, -0.1) is 0 Å². The molecule has 1 aromatic heterocycles. The molecule has 1 aliphatic rings. The molecular formula is C27H22ClNO6. The fraction of sp³-hybridized carbons (Fsp3) is 0.185. The van der Waals surface area contributed by atoms with Crippen molar-refractivity contribution in [3.8, 4) is 17.2 Å². The van der Waals surface area contributed by atoms with Crippen LogP contribution in [0.3, 0.4) is 0 Å². The lowest BCUT2D eigenvalue weighted by atomic mass is 9.97. The molecule has 1 unspecified atom stereocenters. The van der Waals surface area contributed by atoms with E-state index in [4.69, 9.17) is 30.2 Å². The van der Waals surface area contributed by atoms with Gasteiger partial charge in [0.25, 0.3) is 5.91 Å². The maximum absolute atomic E-state index is 13.7. The number of methoxy groups -OCH3 is 2. The second-order valence-electron chi connectivity index (χ2n) is 7.91. The van der Waals surface area contributed by atoms with Crippen LogP contribution in [0.5, 0.6) is 17.2 Å². The number of rotatable bonds is 6. The number of benzene rings is 3. The maximum atomic E-state index is 13.7. The molecule has 5 rings (SSSR count). The van der Waals surface area contributed by atoms with E-state index in [-0.39, 0.29) is 16.8 Å². The molecule has 0 saturated carbocycles. The Labute approximate surface area is 206 Å². The van der Waals surface area contributed by atoms with Crippen LogP contribution in [0.4, 0.5) is 5.69 Å². The average molecular weight is 492 g/mol. The molecule has 178 valence electrons. The zero-order chi connectivity index (χ0) is 24.7. The molecule has 0 spiro atoms. The summed E-state index contributed by atoms with van der Waals surface area (Å²) in [5, 5.41) is 0.734. The van der Waals surface area contributed by atoms with E-state index in [0.29, 0.717) is 51.1 Å². The number of para-hydroxylation sites is 1. The fourth-order valence-electron chi connectivity index (χ4n) is 4.44. The van der Waals surface area contributed by atoms with E-state index in [2.05, 4.69) is 0 Å². The van der Waals surface area contributed by atoms with Crippen LogP contribution in [-0.2, 0) is 0 Å². The summed E-state index contributed by atoms with van der Waals surface area (Å²) in [7, 11) is 3.05. The molecule has 2 heterocycles. The fourth-order valence-corrected chi connectivity index (χ4v) is 4.69. The van der Waals surface area contributed by atoms with Crippen LogP contribution in [0.25, 0.3) is 11.0 Å². The molecule has 0 radical (unpaired) electrons. The third-order valence-corrected chi connectivity index (χ3v) is 6.29. The Morgan fingerprint density at radius 3 is 2.40 bits per heavy atom. The third kappa shape index (κ3) is 3.68. The number of fused-ring (bicyclic) bond motifs is 2. The van der Waals surface area contributed by atoms with Gasteiger partial charge in [0, 0.05) is 5.69 Å². The lowest BCUT2D eigenvalue weighted by Gasteiger charge is -2.26. The quantitative estimate of drug-likeness (QED) is 0.349. The Morgan fingerprint density at radius 2 is 1.69 bits per heavy atom. The summed E-state index contributed by atoms with van der Waals surface area (Å²) in [4.78, 5) is 28.9. The molecule has 1 atom stereocenters. The first-order valence-corrected chi connectivity index (χ1v) is 11.4. The van der Waals surface area contributed by atoms with Crippen molar-refractivity contribution in [3.05, 3.63) is 92.8 Å². The van der Waals surface area contributed by atoms with Crippen LogP contribution < -0.4 is 24.5 Å². The van der Waals surface area contributed by atoms with Crippen LogP contribution in [0.15, 0.2) is 69.9 Å². The third-order valence-electron chi connectivity index (χ3n) is 5.99. The predicted molar refractivity (Wildman–Crippen MR) is 133 cm³/mol. The number of carbonyl (C=O) groups is 1. The largest absolute Gasteiger partial charge is 0.495 e. The van der Waals surface area contributed by atoms with Crippen LogP contribution in [-0.4, -0.2) is 26.7 Å². The van der Waals surface area contributed by atoms with Crippen molar-refractivity contribution < 1.29 is 23.4 Å². The summed E-state index contributed by atoms with van der Waals surface area (Å²) in [6.45, 7) is 2.34. The Balaban J connectivity index is 1.77. The van der Waals surface area contributed by atoms with E-state index in [0.717, 1.165) is 0 Å². The number of hydrogen-bond acceptors (Lipinski definition) is 6. The van der Waals surface area contributed by atoms with Crippen LogP contribution >= 0.6 is 11.6 Å². The molecule has 7 nitrogen and oxygen atoms in total. The second-order valence-corrected chi connectivity index (χ2v) is 8.32. The van der Waals surface area contributed by atoms with E-state index >= 15 is 0 Å². The molecule has 0 bridgehead atoms. The van der Waals surface area contributed by atoms with E-state index in [1.165, 1.54) is 19.1 Å². The first-order chi connectivity index (χ1) is 17.0. The Bertz CT molecular complexity index is 1510. The highest BCUT2D eigenvalue weighted by molar-refractivity contribution is 6.32. The van der Waals surface area contributed by atoms with Gasteiger partial charge in [-0.1, -0.05) is 29.8 Å². The van der Waals surface area contributed by atoms with Gasteiger partial charge in [0.15, 0.2) is 16.9 Å². The van der Waals surface area contributed by atoms with E-state index in [1.54, 1.807) is 54.6 Å². The van der Waals surface area contributed by atoms with Crippen molar-refractivity contribution in [2.75, 3.05) is 25.7 Å². The maximum Gasteiger partial charge on any atom is 0.295 e. The molecule has 4 aromatic rings. The summed E-state index contributed by atoms with van der Waals surface area (Å²) in [6.07, 6.45) is 0. The summed E-state index contributed by atoms with van der Waals surface area (Å²) in [5.41, 5.74) is 1.49. The minimum Gasteiger partial charge on any atom is -0.495 e. The molecular weight excluding hydrogens is 470 g/mol. The summed E-state index contributed by atoms with van der Waals surface area (Å²) in [6, 6.07) is 16.5. The van der Waals surface area contributed by atoms with Gasteiger partial charge in [0.05, 0.1) is 42.8 Å². The summed E-state index contributed by atoms with van der Waals surface area (Å²) < 4.78 is 22.4. The minimum absolute atomic E-state index is 0.00140. The van der Waals surface area contributed by atoms with Crippen molar-refractivity contribution in [2.45, 2.75) is 13.0 Å². The van der Waals surface area contributed by atoms with Gasteiger partial charge in [-0.05, 0) is 55.0 Å². The smallest absolute Gasteiger partial charge is 0.295 e. The molecule has 8 heteroatoms. The van der Waals surface area contributed by atoms with Crippen LogP contribution in [0.1, 0.15) is 34.6 Å². The molecule has 0 N–H and O–H groups in total. The standard InChI is InChI=1S/C27H22ClNO6/c1-4-34-21-11-9-15(13-22(21)33-3)24-23-25(30)17-7-5-6-8-19(17)35-26(23)27(31)29(24)16-10-12-20(32-2)18(28)14-16/h5-14,24H,4H2,1-3H3. The molecule has 1 aliphatic heterocycles. The Kier molecular flexibility index (Phi) is 5.86. The highest BCUT2D eigenvalue weighted by Crippen LogP contribution is 2.44. The highest BCUT2D eigenvalue weighted by atomic mass is 35.5. The molecule has 0 aliphatic carbocycles. The van der Waals surface area contributed by atoms with Gasteiger partial charge in [-0.3, -0.25) is 14.5 Å². The molecule has 35 heavy (non-hydrogen) atoms. The van der Waals surface area contributed by atoms with Gasteiger partial charge >= 0.3 is 0 Å². The van der Waals surface area contributed by atoms with Crippen LogP contribution in [0, 0.1) is 0 Å². The first-order valence-electron chi connectivity index (χ1n) is 11.0. The molecule has 3 aromatic carbocycles. The van der Waals surface area contributed by atoms with Gasteiger partial charge < -0.3 is 18.6 Å². The minimum atomic E-state index is -0.771. The highest BCUT2D eigenvalue weighted by Gasteiger charge is 2.44. The number of nitrogens with zero attached hydrogens (tertiary/aromatic N) is 1. The van der Waals surface area contributed by atoms with Gasteiger partial charge in [0.2, 0.25) is 5.76 Å². The monoisotopic (exact) mass is 491 g/mol. The zero-order valence-electron chi connectivity index (χ0n) is 19.3. The number of anilines is 1. The van der Waals surface area contributed by atoms with Crippen molar-refractivity contribution in [2.24, 2.45) is 0 Å². The van der Waals surface area contributed by atoms with Gasteiger partial charge in [-0.25, -0.2) is 0 Å². The summed E-state index contributed by atoms with van der Waals surface area (Å²) >= 11 is 6.40. The number of carbonyl (C=O) groups excluding carboxylic acids is 1. The van der Waals surface area contributed by atoms with Gasteiger partial charge in [0.1, 0.15) is 11.3 Å². The van der Waals surface area contributed by atoms with Crippen LogP contribution in [0.2, 0.25) is 5.02 Å². The predicted octanol–water partition coefficient (Wildman–Crippen LogP) is 5.61. The van der Waals surface area contributed by atoms with E-state index in [1.807, 2.05) is 13.0 Å². The second kappa shape index (κ2) is 9.00. The van der Waals surface area contributed by atoms with Crippen molar-refractivity contribution in [1.82, 2.24) is 0 Å². The number of halogens is 1. The first kappa shape index (κ1) is 22.8. The Morgan fingerprint density at radius 1 is 0.943 bits per heavy atom. The lowest BCUT2D eigenvalue weighted by Crippen LogP contribution is -2.29. The van der Waals surface area contributed by atoms with E-state index < -0.39 is 11.9 Å². The number of ether oxygens (including phenoxy) is 3. The molecule has 0 saturated heterocycles. The van der Waals surface area contributed by atoms with Gasteiger partial charge in [-0.2, -0.15) is 0 Å². The lowest BCUT2D eigenvalue weighted by molar-refractivity contribution is 0.0971. The summed E-state index contributed by atoms with van der Waals surface area (Å²) in [5.74, 6) is 1.08. The SMILES string of the molecule is CCOc1ccc(C2c3c(oc4ccccc4c3=O)C(=O)N2c2ccc(OC)c(Cl)c2)cc1OC. The van der Waals surface area contributed by atoms with Crippen molar-refractivity contribution in [1.29, 1.82) is 0 Å².